The number of thioether (sulfide) groups is 1. The minimum Gasteiger partial charge on any atom is -0.312 e. The summed E-state index contributed by atoms with van der Waals surface area (Å²) in [4.78, 5) is 17.0. The van der Waals surface area contributed by atoms with Gasteiger partial charge in [0.25, 0.3) is 5.91 Å². The normalized spacial score (nSPS) is 11.4. The van der Waals surface area contributed by atoms with Gasteiger partial charge in [-0.3, -0.25) is 4.79 Å². The maximum Gasteiger partial charge on any atom is 0.416 e. The van der Waals surface area contributed by atoms with E-state index >= 15 is 0 Å². The molecule has 0 spiro atoms. The molecule has 8 heteroatoms. The fourth-order valence-electron chi connectivity index (χ4n) is 2.28. The van der Waals surface area contributed by atoms with Gasteiger partial charge >= 0.3 is 6.18 Å². The van der Waals surface area contributed by atoms with Crippen molar-refractivity contribution in [3.8, 4) is 11.3 Å². The average molecular weight is 394 g/mol. The zero-order valence-corrected chi connectivity index (χ0v) is 15.1. The van der Waals surface area contributed by atoms with Crippen molar-refractivity contribution in [1.29, 1.82) is 0 Å². The number of nitrogens with one attached hydrogen (secondary N) is 1. The molecule has 134 valence electrons. The van der Waals surface area contributed by atoms with Crippen molar-refractivity contribution in [2.75, 3.05) is 11.6 Å². The van der Waals surface area contributed by atoms with Crippen molar-refractivity contribution < 1.29 is 18.0 Å². The predicted octanol–water partition coefficient (Wildman–Crippen LogP) is 5.80. The molecule has 3 aromatic rings. The number of hydrogen-bond acceptors (Lipinski definition) is 4. The molecular formula is C18H13F3N2OS2. The van der Waals surface area contributed by atoms with E-state index in [0.29, 0.717) is 10.7 Å². The van der Waals surface area contributed by atoms with Crippen molar-refractivity contribution in [3.05, 3.63) is 65.7 Å². The Hall–Kier alpha value is -2.32. The number of amides is 1. The van der Waals surface area contributed by atoms with Gasteiger partial charge in [0.15, 0.2) is 4.34 Å². The first-order chi connectivity index (χ1) is 12.4. The molecule has 1 amide bonds. The molecule has 2 aromatic carbocycles. The second-order valence-electron chi connectivity index (χ2n) is 5.26. The van der Waals surface area contributed by atoms with Crippen molar-refractivity contribution >= 4 is 34.0 Å². The largest absolute Gasteiger partial charge is 0.416 e. The Morgan fingerprint density at radius 3 is 2.50 bits per heavy atom. The van der Waals surface area contributed by atoms with Gasteiger partial charge < -0.3 is 5.32 Å². The van der Waals surface area contributed by atoms with Crippen LogP contribution in [-0.2, 0) is 6.18 Å². The lowest BCUT2D eigenvalue weighted by molar-refractivity contribution is -0.137. The standard InChI is InChI=1S/C18H13F3N2OS2/c1-25-17-22-14(11-6-3-2-4-7-11)16(26-17)23-15(24)12-8-5-9-13(10-12)18(19,20)21/h2-10H,1H3,(H,23,24). The average Bonchev–Trinajstić information content (AvgIpc) is 3.05. The molecule has 1 heterocycles. The van der Waals surface area contributed by atoms with E-state index in [1.54, 1.807) is 0 Å². The third-order valence-electron chi connectivity index (χ3n) is 3.51. The monoisotopic (exact) mass is 394 g/mol. The zero-order valence-electron chi connectivity index (χ0n) is 13.5. The molecule has 0 unspecified atom stereocenters. The molecule has 3 nitrogen and oxygen atoms in total. The number of nitrogens with zero attached hydrogens (tertiary/aromatic N) is 1. The molecule has 1 N–H and O–H groups in total. The fraction of sp³-hybridized carbons (Fsp3) is 0.111. The number of benzene rings is 2. The van der Waals surface area contributed by atoms with E-state index in [4.69, 9.17) is 0 Å². The highest BCUT2D eigenvalue weighted by Gasteiger charge is 2.31. The molecule has 0 saturated carbocycles. The highest BCUT2D eigenvalue weighted by molar-refractivity contribution is 8.00. The number of anilines is 1. The summed E-state index contributed by atoms with van der Waals surface area (Å²) in [7, 11) is 0. The van der Waals surface area contributed by atoms with E-state index in [1.807, 2.05) is 36.6 Å². The highest BCUT2D eigenvalue weighted by atomic mass is 32.2. The maximum atomic E-state index is 12.9. The first-order valence-corrected chi connectivity index (χ1v) is 9.51. The second kappa shape index (κ2) is 7.51. The molecular weight excluding hydrogens is 381 g/mol. The van der Waals surface area contributed by atoms with E-state index in [9.17, 15) is 18.0 Å². The quantitative estimate of drug-likeness (QED) is 0.569. The first kappa shape index (κ1) is 18.5. The topological polar surface area (TPSA) is 42.0 Å². The highest BCUT2D eigenvalue weighted by Crippen LogP contribution is 2.37. The van der Waals surface area contributed by atoms with Gasteiger partial charge in [-0.25, -0.2) is 4.98 Å². The van der Waals surface area contributed by atoms with E-state index in [2.05, 4.69) is 10.3 Å². The molecule has 0 bridgehead atoms. The van der Waals surface area contributed by atoms with Gasteiger partial charge in [-0.2, -0.15) is 13.2 Å². The van der Waals surface area contributed by atoms with E-state index < -0.39 is 17.6 Å². The molecule has 0 saturated heterocycles. The van der Waals surface area contributed by atoms with Crippen molar-refractivity contribution in [2.24, 2.45) is 0 Å². The molecule has 0 aliphatic carbocycles. The predicted molar refractivity (Wildman–Crippen MR) is 98.7 cm³/mol. The Bertz CT molecular complexity index is 924. The van der Waals surface area contributed by atoms with Gasteiger partial charge in [-0.05, 0) is 24.5 Å². The lowest BCUT2D eigenvalue weighted by atomic mass is 10.1. The summed E-state index contributed by atoms with van der Waals surface area (Å²) in [6.45, 7) is 0. The van der Waals surface area contributed by atoms with Crippen LogP contribution in [0, 0.1) is 0 Å². The van der Waals surface area contributed by atoms with Crippen LogP contribution in [0.25, 0.3) is 11.3 Å². The van der Waals surface area contributed by atoms with Crippen LogP contribution in [0.1, 0.15) is 15.9 Å². The van der Waals surface area contributed by atoms with Crippen molar-refractivity contribution in [1.82, 2.24) is 4.98 Å². The zero-order chi connectivity index (χ0) is 18.7. The van der Waals surface area contributed by atoms with Crippen LogP contribution in [0.2, 0.25) is 0 Å². The van der Waals surface area contributed by atoms with Crippen LogP contribution < -0.4 is 5.32 Å². The smallest absolute Gasteiger partial charge is 0.312 e. The Kier molecular flexibility index (Phi) is 5.33. The SMILES string of the molecule is CSc1nc(-c2ccccc2)c(NC(=O)c2cccc(C(F)(F)F)c2)s1. The molecule has 3 rings (SSSR count). The summed E-state index contributed by atoms with van der Waals surface area (Å²) in [6, 6.07) is 13.6. The summed E-state index contributed by atoms with van der Waals surface area (Å²) in [6.07, 6.45) is -2.63. The number of alkyl halides is 3. The number of carbonyl (C=O) groups is 1. The first-order valence-electron chi connectivity index (χ1n) is 7.47. The van der Waals surface area contributed by atoms with Crippen LogP contribution >= 0.6 is 23.1 Å². The number of carbonyl (C=O) groups excluding carboxylic acids is 1. The number of aromatic nitrogens is 1. The van der Waals surface area contributed by atoms with Crippen molar-refractivity contribution in [2.45, 2.75) is 10.5 Å². The van der Waals surface area contributed by atoms with Gasteiger partial charge in [0, 0.05) is 11.1 Å². The van der Waals surface area contributed by atoms with Gasteiger partial charge in [-0.15, -0.1) is 0 Å². The summed E-state index contributed by atoms with van der Waals surface area (Å²) in [5.74, 6) is -0.607. The number of thiazole rings is 1. The van der Waals surface area contributed by atoms with Gasteiger partial charge in [-0.1, -0.05) is 59.5 Å². The minimum absolute atomic E-state index is 0.0575. The Labute approximate surface area is 156 Å². The summed E-state index contributed by atoms with van der Waals surface area (Å²) in [5, 5.41) is 3.20. The van der Waals surface area contributed by atoms with E-state index in [1.165, 1.54) is 35.2 Å². The molecule has 0 aliphatic rings. The Balaban J connectivity index is 1.92. The van der Waals surface area contributed by atoms with Crippen LogP contribution in [0.5, 0.6) is 0 Å². The Morgan fingerprint density at radius 2 is 1.85 bits per heavy atom. The van der Waals surface area contributed by atoms with Gasteiger partial charge in [0.2, 0.25) is 0 Å². The van der Waals surface area contributed by atoms with Crippen LogP contribution in [0.3, 0.4) is 0 Å². The number of halogens is 3. The molecule has 1 aromatic heterocycles. The number of hydrogen-bond donors (Lipinski definition) is 1. The maximum absolute atomic E-state index is 12.9. The fourth-order valence-corrected chi connectivity index (χ4v) is 3.76. The molecule has 0 radical (unpaired) electrons. The lowest BCUT2D eigenvalue weighted by Crippen LogP contribution is -2.13. The summed E-state index contributed by atoms with van der Waals surface area (Å²) >= 11 is 2.72. The second-order valence-corrected chi connectivity index (χ2v) is 7.31. The van der Waals surface area contributed by atoms with Crippen LogP contribution in [0.4, 0.5) is 18.2 Å². The van der Waals surface area contributed by atoms with Gasteiger partial charge in [0.05, 0.1) is 5.56 Å². The molecule has 0 atom stereocenters. The third-order valence-corrected chi connectivity index (χ3v) is 5.46. The van der Waals surface area contributed by atoms with Crippen molar-refractivity contribution in [3.63, 3.8) is 0 Å². The molecule has 0 fully saturated rings. The van der Waals surface area contributed by atoms with Crippen LogP contribution in [-0.4, -0.2) is 17.1 Å². The summed E-state index contributed by atoms with van der Waals surface area (Å²) in [5.41, 5.74) is 0.504. The van der Waals surface area contributed by atoms with Gasteiger partial charge in [0.1, 0.15) is 10.7 Å². The summed E-state index contributed by atoms with van der Waals surface area (Å²) < 4.78 is 39.3. The Morgan fingerprint density at radius 1 is 1.12 bits per heavy atom. The molecule has 26 heavy (non-hydrogen) atoms. The number of rotatable bonds is 4. The van der Waals surface area contributed by atoms with E-state index in [0.717, 1.165) is 22.0 Å². The van der Waals surface area contributed by atoms with E-state index in [-0.39, 0.29) is 5.56 Å². The minimum atomic E-state index is -4.50. The lowest BCUT2D eigenvalue weighted by Gasteiger charge is -2.09. The third kappa shape index (κ3) is 4.08. The van der Waals surface area contributed by atoms with Crippen LogP contribution in [0.15, 0.2) is 58.9 Å². The molecule has 0 aliphatic heterocycles.